The summed E-state index contributed by atoms with van der Waals surface area (Å²) in [6, 6.07) is 11.6. The van der Waals surface area contributed by atoms with Crippen molar-refractivity contribution in [2.24, 2.45) is 0 Å². The zero-order valence-electron chi connectivity index (χ0n) is 17.6. The lowest BCUT2D eigenvalue weighted by molar-refractivity contribution is 0.0672. The monoisotopic (exact) mass is 434 g/mol. The fourth-order valence-corrected chi connectivity index (χ4v) is 4.00. The number of hydrogen-bond acceptors (Lipinski definition) is 8. The Morgan fingerprint density at radius 2 is 1.97 bits per heavy atom. The van der Waals surface area contributed by atoms with Crippen LogP contribution in [-0.4, -0.2) is 55.5 Å². The summed E-state index contributed by atoms with van der Waals surface area (Å²) in [7, 11) is 0. The molecule has 32 heavy (non-hydrogen) atoms. The summed E-state index contributed by atoms with van der Waals surface area (Å²) in [5.41, 5.74) is 3.27. The Bertz CT molecular complexity index is 1220. The molecule has 1 fully saturated rings. The Labute approximate surface area is 184 Å². The molecule has 9 heteroatoms. The Hall–Kier alpha value is -3.43. The SMILES string of the molecule is OCCNc1nc2ccc(Nc3ncc4cccc(OC5CCC(O)CC5)c4n3)cc2[nH]1. The van der Waals surface area contributed by atoms with Crippen LogP contribution < -0.4 is 15.4 Å². The first-order valence-corrected chi connectivity index (χ1v) is 10.9. The summed E-state index contributed by atoms with van der Waals surface area (Å²) >= 11 is 0. The smallest absolute Gasteiger partial charge is 0.227 e. The first-order chi connectivity index (χ1) is 15.7. The molecular weight excluding hydrogens is 408 g/mol. The molecule has 0 aliphatic heterocycles. The molecule has 0 atom stereocenters. The molecule has 2 aromatic heterocycles. The van der Waals surface area contributed by atoms with Crippen molar-refractivity contribution in [3.63, 3.8) is 0 Å². The minimum Gasteiger partial charge on any atom is -0.488 e. The predicted molar refractivity (Wildman–Crippen MR) is 123 cm³/mol. The van der Waals surface area contributed by atoms with E-state index in [2.05, 4.69) is 25.6 Å². The number of aromatic amines is 1. The summed E-state index contributed by atoms with van der Waals surface area (Å²) in [6.45, 7) is 0.471. The average Bonchev–Trinajstić information content (AvgIpc) is 3.22. The third kappa shape index (κ3) is 4.44. The second kappa shape index (κ2) is 8.97. The quantitative estimate of drug-likeness (QED) is 0.300. The maximum Gasteiger partial charge on any atom is 0.227 e. The molecule has 5 rings (SSSR count). The van der Waals surface area contributed by atoms with Gasteiger partial charge in [0.05, 0.1) is 29.8 Å². The molecule has 1 saturated carbocycles. The number of H-pyrrole nitrogens is 1. The largest absolute Gasteiger partial charge is 0.488 e. The Morgan fingerprint density at radius 1 is 1.09 bits per heavy atom. The molecule has 9 nitrogen and oxygen atoms in total. The Balaban J connectivity index is 1.37. The molecule has 0 amide bonds. The third-order valence-electron chi connectivity index (χ3n) is 5.65. The summed E-state index contributed by atoms with van der Waals surface area (Å²) in [6.07, 6.45) is 4.88. The minimum absolute atomic E-state index is 0.0392. The van der Waals surface area contributed by atoms with Gasteiger partial charge in [0.25, 0.3) is 0 Å². The van der Waals surface area contributed by atoms with E-state index in [-0.39, 0.29) is 18.8 Å². The van der Waals surface area contributed by atoms with Gasteiger partial charge in [-0.15, -0.1) is 0 Å². The summed E-state index contributed by atoms with van der Waals surface area (Å²) < 4.78 is 6.25. The van der Waals surface area contributed by atoms with Gasteiger partial charge in [-0.25, -0.2) is 15.0 Å². The second-order valence-corrected chi connectivity index (χ2v) is 8.03. The van der Waals surface area contributed by atoms with E-state index < -0.39 is 0 Å². The number of aliphatic hydroxyl groups is 2. The van der Waals surface area contributed by atoms with Crippen molar-refractivity contribution in [2.75, 3.05) is 23.8 Å². The van der Waals surface area contributed by atoms with Crippen LogP contribution in [0.5, 0.6) is 5.75 Å². The van der Waals surface area contributed by atoms with Crippen molar-refractivity contribution in [3.05, 3.63) is 42.6 Å². The number of aliphatic hydroxyl groups excluding tert-OH is 2. The molecule has 4 aromatic rings. The Kier molecular flexibility index (Phi) is 5.74. The lowest BCUT2D eigenvalue weighted by atomic mass is 9.95. The van der Waals surface area contributed by atoms with Crippen LogP contribution in [0.2, 0.25) is 0 Å². The minimum atomic E-state index is -0.214. The average molecular weight is 435 g/mol. The van der Waals surface area contributed by atoms with Crippen LogP contribution in [-0.2, 0) is 0 Å². The molecule has 5 N–H and O–H groups in total. The summed E-state index contributed by atoms with van der Waals surface area (Å²) in [4.78, 5) is 16.8. The number of nitrogens with one attached hydrogen (secondary N) is 3. The van der Waals surface area contributed by atoms with Gasteiger partial charge in [0, 0.05) is 23.8 Å². The molecule has 0 unspecified atom stereocenters. The normalized spacial score (nSPS) is 18.7. The first kappa shape index (κ1) is 20.5. The van der Waals surface area contributed by atoms with Gasteiger partial charge >= 0.3 is 0 Å². The second-order valence-electron chi connectivity index (χ2n) is 8.03. The van der Waals surface area contributed by atoms with Gasteiger partial charge in [0.1, 0.15) is 11.3 Å². The van der Waals surface area contributed by atoms with Crippen LogP contribution in [0.4, 0.5) is 17.6 Å². The van der Waals surface area contributed by atoms with Gasteiger partial charge in [-0.3, -0.25) is 0 Å². The van der Waals surface area contributed by atoms with Crippen molar-refractivity contribution >= 4 is 39.5 Å². The molecule has 0 radical (unpaired) electrons. The van der Waals surface area contributed by atoms with Crippen molar-refractivity contribution in [3.8, 4) is 5.75 Å². The number of rotatable bonds is 7. The fraction of sp³-hybridized carbons (Fsp3) is 0.348. The van der Waals surface area contributed by atoms with Crippen LogP contribution in [0.25, 0.3) is 21.9 Å². The molecule has 0 saturated heterocycles. The molecule has 2 aromatic carbocycles. The first-order valence-electron chi connectivity index (χ1n) is 10.9. The summed E-state index contributed by atoms with van der Waals surface area (Å²) in [5.74, 6) is 1.83. The lowest BCUT2D eigenvalue weighted by Crippen LogP contribution is -2.26. The predicted octanol–water partition coefficient (Wildman–Crippen LogP) is 3.34. The lowest BCUT2D eigenvalue weighted by Gasteiger charge is -2.26. The van der Waals surface area contributed by atoms with Crippen molar-refractivity contribution in [1.82, 2.24) is 19.9 Å². The topological polar surface area (TPSA) is 128 Å². The van der Waals surface area contributed by atoms with E-state index in [4.69, 9.17) is 14.8 Å². The number of para-hydroxylation sites is 1. The Morgan fingerprint density at radius 3 is 2.81 bits per heavy atom. The van der Waals surface area contributed by atoms with Crippen LogP contribution >= 0.6 is 0 Å². The van der Waals surface area contributed by atoms with E-state index >= 15 is 0 Å². The van der Waals surface area contributed by atoms with Crippen LogP contribution in [0.15, 0.2) is 42.6 Å². The molecular formula is C23H26N6O3. The van der Waals surface area contributed by atoms with Crippen molar-refractivity contribution in [2.45, 2.75) is 37.9 Å². The van der Waals surface area contributed by atoms with E-state index in [9.17, 15) is 5.11 Å². The maximum absolute atomic E-state index is 9.74. The van der Waals surface area contributed by atoms with Gasteiger partial charge in [-0.05, 0) is 49.9 Å². The van der Waals surface area contributed by atoms with Gasteiger partial charge in [0.2, 0.25) is 11.9 Å². The van der Waals surface area contributed by atoms with Gasteiger partial charge in [-0.1, -0.05) is 12.1 Å². The van der Waals surface area contributed by atoms with Gasteiger partial charge < -0.3 is 30.6 Å². The van der Waals surface area contributed by atoms with Crippen LogP contribution in [0.1, 0.15) is 25.7 Å². The van der Waals surface area contributed by atoms with Gasteiger partial charge in [-0.2, -0.15) is 0 Å². The number of benzene rings is 2. The number of aromatic nitrogens is 4. The number of ether oxygens (including phenoxy) is 1. The number of nitrogens with zero attached hydrogens (tertiary/aromatic N) is 3. The number of imidazole rings is 1. The number of anilines is 3. The highest BCUT2D eigenvalue weighted by molar-refractivity contribution is 5.86. The summed E-state index contributed by atoms with van der Waals surface area (Å²) in [5, 5.41) is 25.9. The fourth-order valence-electron chi connectivity index (χ4n) is 4.00. The molecule has 2 heterocycles. The maximum atomic E-state index is 9.74. The highest BCUT2D eigenvalue weighted by atomic mass is 16.5. The molecule has 0 spiro atoms. The molecule has 0 bridgehead atoms. The van der Waals surface area contributed by atoms with Crippen LogP contribution in [0.3, 0.4) is 0 Å². The van der Waals surface area contributed by atoms with E-state index in [1.807, 2.05) is 36.4 Å². The molecule has 1 aliphatic carbocycles. The van der Waals surface area contributed by atoms with E-state index in [1.54, 1.807) is 6.20 Å². The van der Waals surface area contributed by atoms with E-state index in [0.717, 1.165) is 59.1 Å². The highest BCUT2D eigenvalue weighted by Gasteiger charge is 2.21. The van der Waals surface area contributed by atoms with E-state index in [1.165, 1.54) is 0 Å². The third-order valence-corrected chi connectivity index (χ3v) is 5.65. The van der Waals surface area contributed by atoms with Gasteiger partial charge in [0.15, 0.2) is 0 Å². The van der Waals surface area contributed by atoms with Crippen molar-refractivity contribution < 1.29 is 14.9 Å². The molecule has 166 valence electrons. The van der Waals surface area contributed by atoms with Crippen LogP contribution in [0, 0.1) is 0 Å². The zero-order chi connectivity index (χ0) is 21.9. The number of hydrogen-bond donors (Lipinski definition) is 5. The zero-order valence-corrected chi connectivity index (χ0v) is 17.6. The van der Waals surface area contributed by atoms with E-state index in [0.29, 0.717) is 18.4 Å². The number of fused-ring (bicyclic) bond motifs is 2. The highest BCUT2D eigenvalue weighted by Crippen LogP contribution is 2.30. The molecule has 1 aliphatic rings. The standard InChI is InChI=1S/C23H26N6O3/c30-11-10-24-22-27-18-9-4-15(12-19(18)28-22)26-23-25-13-14-2-1-3-20(21(14)29-23)32-17-7-5-16(31)6-8-17/h1-4,9,12-13,16-17,30-31H,5-8,10-11H2,(H2,24,27,28)(H,25,26,29). The van der Waals surface area contributed by atoms with Crippen molar-refractivity contribution in [1.29, 1.82) is 0 Å².